The van der Waals surface area contributed by atoms with Crippen LogP contribution in [0.5, 0.6) is 5.75 Å². The molecule has 5 aromatic rings. The van der Waals surface area contributed by atoms with Crippen LogP contribution in [0.4, 0.5) is 10.9 Å². The maximum absolute atomic E-state index is 12.8. The Kier molecular flexibility index (Phi) is 7.00. The fourth-order valence-electron chi connectivity index (χ4n) is 3.69. The second-order valence-electron chi connectivity index (χ2n) is 8.00. The molecule has 0 aliphatic carbocycles. The molecule has 0 aliphatic rings. The van der Waals surface area contributed by atoms with Gasteiger partial charge in [-0.1, -0.05) is 47.7 Å². The van der Waals surface area contributed by atoms with Gasteiger partial charge in [-0.2, -0.15) is 0 Å². The molecule has 3 aromatic carbocycles. The third-order valence-electron chi connectivity index (χ3n) is 5.55. The van der Waals surface area contributed by atoms with Crippen molar-refractivity contribution < 1.29 is 14.3 Å². The first-order valence-electron chi connectivity index (χ1n) is 11.4. The van der Waals surface area contributed by atoms with Gasteiger partial charge in [-0.25, -0.2) is 9.97 Å². The van der Waals surface area contributed by atoms with Crippen molar-refractivity contribution >= 4 is 34.1 Å². The van der Waals surface area contributed by atoms with Gasteiger partial charge in [0.1, 0.15) is 11.6 Å². The highest BCUT2D eigenvalue weighted by molar-refractivity contribution is 7.19. The normalized spacial score (nSPS) is 10.5. The van der Waals surface area contributed by atoms with Gasteiger partial charge in [-0.05, 0) is 66.2 Å². The molecule has 0 aliphatic heterocycles. The highest BCUT2D eigenvalue weighted by Crippen LogP contribution is 2.40. The van der Waals surface area contributed by atoms with Crippen LogP contribution in [0.3, 0.4) is 0 Å². The van der Waals surface area contributed by atoms with Crippen LogP contribution in [0.1, 0.15) is 20.7 Å². The van der Waals surface area contributed by atoms with Crippen molar-refractivity contribution in [3.05, 3.63) is 114 Å². The summed E-state index contributed by atoms with van der Waals surface area (Å²) in [4.78, 5) is 35.3. The van der Waals surface area contributed by atoms with Crippen molar-refractivity contribution in [2.75, 3.05) is 17.7 Å². The highest BCUT2D eigenvalue weighted by Gasteiger charge is 2.18. The van der Waals surface area contributed by atoms with Gasteiger partial charge in [0.2, 0.25) is 0 Å². The molecule has 37 heavy (non-hydrogen) atoms. The van der Waals surface area contributed by atoms with E-state index >= 15 is 0 Å². The van der Waals surface area contributed by atoms with Gasteiger partial charge in [-0.3, -0.25) is 14.9 Å². The molecule has 182 valence electrons. The zero-order valence-electron chi connectivity index (χ0n) is 19.8. The molecular weight excluding hydrogens is 484 g/mol. The van der Waals surface area contributed by atoms with Gasteiger partial charge in [0.05, 0.1) is 17.7 Å². The third-order valence-corrected chi connectivity index (χ3v) is 6.57. The van der Waals surface area contributed by atoms with Gasteiger partial charge in [0.15, 0.2) is 5.13 Å². The van der Waals surface area contributed by atoms with Crippen LogP contribution < -0.4 is 15.4 Å². The molecule has 5 rings (SSSR count). The Morgan fingerprint density at radius 1 is 0.757 bits per heavy atom. The van der Waals surface area contributed by atoms with Crippen LogP contribution in [-0.4, -0.2) is 28.9 Å². The lowest BCUT2D eigenvalue weighted by molar-refractivity contribution is 0.101. The van der Waals surface area contributed by atoms with Crippen molar-refractivity contribution in [3.8, 4) is 27.4 Å². The Labute approximate surface area is 217 Å². The lowest BCUT2D eigenvalue weighted by Crippen LogP contribution is -2.12. The summed E-state index contributed by atoms with van der Waals surface area (Å²) in [7, 11) is 1.61. The number of anilines is 2. The molecule has 0 saturated carbocycles. The lowest BCUT2D eigenvalue weighted by atomic mass is 10.1. The largest absolute Gasteiger partial charge is 0.497 e. The van der Waals surface area contributed by atoms with E-state index < -0.39 is 0 Å². The average molecular weight is 507 g/mol. The fraction of sp³-hybridized carbons (Fsp3) is 0.0345. The van der Waals surface area contributed by atoms with E-state index in [1.807, 2.05) is 66.7 Å². The van der Waals surface area contributed by atoms with Crippen LogP contribution in [0, 0.1) is 0 Å². The number of rotatable bonds is 7. The van der Waals surface area contributed by atoms with E-state index in [1.54, 1.807) is 43.6 Å². The summed E-state index contributed by atoms with van der Waals surface area (Å²) in [6.45, 7) is 0. The summed E-state index contributed by atoms with van der Waals surface area (Å²) < 4.78 is 5.29. The van der Waals surface area contributed by atoms with Gasteiger partial charge in [0, 0.05) is 22.9 Å². The van der Waals surface area contributed by atoms with Gasteiger partial charge in [0.25, 0.3) is 11.8 Å². The average Bonchev–Trinajstić information content (AvgIpc) is 3.38. The standard InChI is InChI=1S/C29H22N4O3S/c1-36-23-14-12-19(13-15-23)25-26(37-29(32-25)33-28(35)21-10-6-3-7-11-21)22-16-17-30-24(18-22)31-27(34)20-8-4-2-5-9-20/h2-18H,1H3,(H,30,31,34)(H,32,33,35). The number of nitrogens with zero attached hydrogens (tertiary/aromatic N) is 2. The van der Waals surface area contributed by atoms with E-state index in [-0.39, 0.29) is 11.8 Å². The van der Waals surface area contributed by atoms with Gasteiger partial charge in [-0.15, -0.1) is 0 Å². The summed E-state index contributed by atoms with van der Waals surface area (Å²) >= 11 is 1.35. The van der Waals surface area contributed by atoms with Crippen molar-refractivity contribution in [2.45, 2.75) is 0 Å². The summed E-state index contributed by atoms with van der Waals surface area (Å²) in [5.74, 6) is 0.650. The molecule has 0 spiro atoms. The summed E-state index contributed by atoms with van der Waals surface area (Å²) in [5, 5.41) is 6.22. The number of aromatic nitrogens is 2. The van der Waals surface area contributed by atoms with E-state index in [9.17, 15) is 9.59 Å². The molecule has 8 heteroatoms. The lowest BCUT2D eigenvalue weighted by Gasteiger charge is -2.07. The Hall–Kier alpha value is -4.82. The quantitative estimate of drug-likeness (QED) is 0.267. The number of thiazole rings is 1. The first-order chi connectivity index (χ1) is 18.1. The van der Waals surface area contributed by atoms with E-state index in [1.165, 1.54) is 11.3 Å². The Balaban J connectivity index is 1.49. The zero-order chi connectivity index (χ0) is 25.6. The van der Waals surface area contributed by atoms with Crippen LogP contribution in [0.25, 0.3) is 21.7 Å². The number of carbonyl (C=O) groups is 2. The first kappa shape index (κ1) is 23.9. The Morgan fingerprint density at radius 3 is 2.00 bits per heavy atom. The molecule has 0 bridgehead atoms. The Bertz CT molecular complexity index is 1540. The number of pyridine rings is 1. The number of hydrogen-bond acceptors (Lipinski definition) is 6. The van der Waals surface area contributed by atoms with E-state index in [2.05, 4.69) is 15.6 Å². The van der Waals surface area contributed by atoms with Crippen molar-refractivity contribution in [1.82, 2.24) is 9.97 Å². The summed E-state index contributed by atoms with van der Waals surface area (Å²) in [5.41, 5.74) is 3.45. The summed E-state index contributed by atoms with van der Waals surface area (Å²) in [6.07, 6.45) is 1.63. The molecule has 7 nitrogen and oxygen atoms in total. The fourth-order valence-corrected chi connectivity index (χ4v) is 4.67. The molecule has 0 atom stereocenters. The zero-order valence-corrected chi connectivity index (χ0v) is 20.7. The number of carbonyl (C=O) groups excluding carboxylic acids is 2. The minimum Gasteiger partial charge on any atom is -0.497 e. The molecule has 2 heterocycles. The predicted octanol–water partition coefficient (Wildman–Crippen LogP) is 6.39. The second-order valence-corrected chi connectivity index (χ2v) is 8.99. The molecule has 2 amide bonds. The number of methoxy groups -OCH3 is 1. The smallest absolute Gasteiger partial charge is 0.257 e. The van der Waals surface area contributed by atoms with Gasteiger partial charge < -0.3 is 10.1 Å². The van der Waals surface area contributed by atoms with E-state index in [0.29, 0.717) is 27.8 Å². The highest BCUT2D eigenvalue weighted by atomic mass is 32.1. The topological polar surface area (TPSA) is 93.2 Å². The molecule has 0 unspecified atom stereocenters. The molecule has 2 N–H and O–H groups in total. The van der Waals surface area contributed by atoms with Gasteiger partial charge >= 0.3 is 0 Å². The number of amides is 2. The minimum atomic E-state index is -0.249. The maximum Gasteiger partial charge on any atom is 0.257 e. The van der Waals surface area contributed by atoms with Crippen LogP contribution in [0.2, 0.25) is 0 Å². The molecule has 2 aromatic heterocycles. The third kappa shape index (κ3) is 5.55. The van der Waals surface area contributed by atoms with Crippen molar-refractivity contribution in [3.63, 3.8) is 0 Å². The first-order valence-corrected chi connectivity index (χ1v) is 12.3. The Morgan fingerprint density at radius 2 is 1.38 bits per heavy atom. The molecule has 0 fully saturated rings. The molecule has 0 radical (unpaired) electrons. The van der Waals surface area contributed by atoms with Crippen molar-refractivity contribution in [1.29, 1.82) is 0 Å². The van der Waals surface area contributed by atoms with E-state index in [4.69, 9.17) is 9.72 Å². The number of nitrogens with one attached hydrogen (secondary N) is 2. The van der Waals surface area contributed by atoms with E-state index in [0.717, 1.165) is 21.8 Å². The van der Waals surface area contributed by atoms with Crippen LogP contribution >= 0.6 is 11.3 Å². The monoisotopic (exact) mass is 506 g/mol. The molecule has 0 saturated heterocycles. The number of benzene rings is 3. The second kappa shape index (κ2) is 10.8. The SMILES string of the molecule is COc1ccc(-c2nc(NC(=O)c3ccccc3)sc2-c2ccnc(NC(=O)c3ccccc3)c2)cc1. The van der Waals surface area contributed by atoms with Crippen LogP contribution in [-0.2, 0) is 0 Å². The van der Waals surface area contributed by atoms with Crippen molar-refractivity contribution in [2.24, 2.45) is 0 Å². The number of ether oxygens (including phenoxy) is 1. The predicted molar refractivity (Wildman–Crippen MR) is 146 cm³/mol. The molecular formula is C29H22N4O3S. The number of hydrogen-bond donors (Lipinski definition) is 2. The maximum atomic E-state index is 12.8. The van der Waals surface area contributed by atoms with Crippen LogP contribution in [0.15, 0.2) is 103 Å². The minimum absolute atomic E-state index is 0.243. The summed E-state index contributed by atoms with van der Waals surface area (Å²) in [6, 6.07) is 29.1.